The Morgan fingerprint density at radius 2 is 0.786 bits per heavy atom. The maximum atomic E-state index is 13.8. The van der Waals surface area contributed by atoms with Crippen LogP contribution in [0.25, 0.3) is 0 Å². The summed E-state index contributed by atoms with van der Waals surface area (Å²) >= 11 is 0. The van der Waals surface area contributed by atoms with Gasteiger partial charge in [0.15, 0.2) is 0 Å². The van der Waals surface area contributed by atoms with Crippen LogP contribution in [0.1, 0.15) is 32.1 Å². The van der Waals surface area contributed by atoms with E-state index in [2.05, 4.69) is 11.3 Å². The number of hydrogen-bond acceptors (Lipinski definition) is 2. The minimum absolute atomic E-state index is 0.219. The summed E-state index contributed by atoms with van der Waals surface area (Å²) < 4.78 is 284. The average molecular weight is 674 g/mol. The Morgan fingerprint density at radius 3 is 1.12 bits per heavy atom. The van der Waals surface area contributed by atoms with Crippen LogP contribution in [0.2, 0.25) is 0 Å². The Hall–Kier alpha value is -2.26. The molecule has 0 aliphatic carbocycles. The van der Waals surface area contributed by atoms with Crippen LogP contribution in [0.5, 0.6) is 0 Å². The van der Waals surface area contributed by atoms with Crippen LogP contribution in [-0.4, -0.2) is 72.1 Å². The standard InChI is InChI=1S/C19H15F21O2/c1-2-9(41)42-8-6-4-3-5-7-10(20,21)11(22,23)12(24,25)13(26,27)14(28,29)15(30,31)16(32,33)17(34,35)18(36,37)19(38,39)40/h2H,1,3-8H2. The highest BCUT2D eigenvalue weighted by Gasteiger charge is 2.97. The third-order valence-electron chi connectivity index (χ3n) is 5.37. The average Bonchev–Trinajstić information content (AvgIpc) is 2.81. The number of carbonyl (C=O) groups excluding carboxylic acids is 1. The lowest BCUT2D eigenvalue weighted by atomic mass is 9.85. The van der Waals surface area contributed by atoms with Crippen molar-refractivity contribution < 1.29 is 102 Å². The van der Waals surface area contributed by atoms with Gasteiger partial charge >= 0.3 is 65.4 Å². The number of alkyl halides is 21. The zero-order valence-corrected chi connectivity index (χ0v) is 19.8. The third kappa shape index (κ3) is 6.05. The second kappa shape index (κ2) is 11.7. The zero-order valence-electron chi connectivity index (χ0n) is 19.8. The predicted octanol–water partition coefficient (Wildman–Crippen LogP) is 8.95. The molecule has 0 aliphatic rings. The molecule has 0 fully saturated rings. The summed E-state index contributed by atoms with van der Waals surface area (Å²) in [5.74, 6) is -77.7. The molecule has 23 heteroatoms. The van der Waals surface area contributed by atoms with Crippen molar-refractivity contribution in [3.63, 3.8) is 0 Å². The van der Waals surface area contributed by atoms with Crippen molar-refractivity contribution in [3.05, 3.63) is 12.7 Å². The lowest BCUT2D eigenvalue weighted by Crippen LogP contribution is -2.76. The molecule has 0 spiro atoms. The number of unbranched alkanes of at least 4 members (excludes halogenated alkanes) is 3. The smallest absolute Gasteiger partial charge is 0.460 e. The maximum Gasteiger partial charge on any atom is 0.460 e. The second-order valence-corrected chi connectivity index (χ2v) is 8.33. The third-order valence-corrected chi connectivity index (χ3v) is 5.37. The van der Waals surface area contributed by atoms with Crippen molar-refractivity contribution in [2.45, 2.75) is 91.6 Å². The fraction of sp³-hybridized carbons (Fsp3) is 0.842. The van der Waals surface area contributed by atoms with E-state index >= 15 is 0 Å². The van der Waals surface area contributed by atoms with Crippen molar-refractivity contribution in [1.29, 1.82) is 0 Å². The summed E-state index contributed by atoms with van der Waals surface area (Å²) in [5, 5.41) is 0. The number of rotatable bonds is 16. The van der Waals surface area contributed by atoms with Crippen LogP contribution in [0.3, 0.4) is 0 Å². The number of esters is 1. The first-order valence-electron chi connectivity index (χ1n) is 10.5. The topological polar surface area (TPSA) is 26.3 Å². The van der Waals surface area contributed by atoms with Crippen molar-refractivity contribution in [2.75, 3.05) is 6.61 Å². The molecule has 0 bridgehead atoms. The normalized spacial score (nSPS) is 15.5. The summed E-state index contributed by atoms with van der Waals surface area (Å²) in [6.07, 6.45) is -12.6. The van der Waals surface area contributed by atoms with Gasteiger partial charge in [0.1, 0.15) is 0 Å². The second-order valence-electron chi connectivity index (χ2n) is 8.33. The summed E-state index contributed by atoms with van der Waals surface area (Å²) in [6, 6.07) is 0. The van der Waals surface area contributed by atoms with Crippen LogP contribution in [0.4, 0.5) is 92.2 Å². The monoisotopic (exact) mass is 674 g/mol. The van der Waals surface area contributed by atoms with Crippen LogP contribution < -0.4 is 0 Å². The van der Waals surface area contributed by atoms with Gasteiger partial charge in [-0.2, -0.15) is 92.2 Å². The van der Waals surface area contributed by atoms with Gasteiger partial charge in [-0.05, 0) is 12.8 Å². The van der Waals surface area contributed by atoms with Gasteiger partial charge in [-0.3, -0.25) is 0 Å². The highest BCUT2D eigenvalue weighted by atomic mass is 19.4. The highest BCUT2D eigenvalue weighted by molar-refractivity contribution is 5.81. The molecule has 250 valence electrons. The van der Waals surface area contributed by atoms with Crippen molar-refractivity contribution >= 4 is 5.97 Å². The lowest BCUT2D eigenvalue weighted by molar-refractivity contribution is -0.474. The molecule has 0 aromatic heterocycles. The molecule has 0 radical (unpaired) electrons. The molecule has 2 nitrogen and oxygen atoms in total. The Balaban J connectivity index is 6.30. The number of ether oxygens (including phenoxy) is 1. The molecule has 0 saturated heterocycles. The van der Waals surface area contributed by atoms with E-state index in [1.165, 1.54) is 0 Å². The minimum atomic E-state index is -9.18. The molecule has 0 atom stereocenters. The molecular weight excluding hydrogens is 659 g/mol. The molecule has 0 amide bonds. The van der Waals surface area contributed by atoms with Gasteiger partial charge in [0.05, 0.1) is 6.61 Å². The van der Waals surface area contributed by atoms with Gasteiger partial charge in [0, 0.05) is 12.5 Å². The molecule has 42 heavy (non-hydrogen) atoms. The van der Waals surface area contributed by atoms with Gasteiger partial charge < -0.3 is 4.74 Å². The zero-order chi connectivity index (χ0) is 34.2. The summed E-state index contributed by atoms with van der Waals surface area (Å²) in [5.41, 5.74) is 0. The number of halogens is 21. The molecule has 0 aromatic rings. The van der Waals surface area contributed by atoms with E-state index in [0.717, 1.165) is 0 Å². The maximum absolute atomic E-state index is 13.8. The Kier molecular flexibility index (Phi) is 11.0. The first-order chi connectivity index (χ1) is 18.2. The molecule has 0 heterocycles. The first-order valence-corrected chi connectivity index (χ1v) is 10.5. The Labute approximate surface area is 219 Å². The highest BCUT2D eigenvalue weighted by Crippen LogP contribution is 2.66. The van der Waals surface area contributed by atoms with Crippen molar-refractivity contribution in [2.24, 2.45) is 0 Å². The van der Waals surface area contributed by atoms with E-state index in [4.69, 9.17) is 0 Å². The Morgan fingerprint density at radius 1 is 0.476 bits per heavy atom. The predicted molar refractivity (Wildman–Crippen MR) is 94.8 cm³/mol. The summed E-state index contributed by atoms with van der Waals surface area (Å²) in [6.45, 7) is 2.53. The molecular formula is C19H15F21O2. The van der Waals surface area contributed by atoms with E-state index in [1.807, 2.05) is 0 Å². The SMILES string of the molecule is C=CC(=O)OCCCCCCC(F)(F)C(F)(F)C(F)(F)C(F)(F)C(F)(F)C(F)(F)C(F)(F)C(F)(F)C(F)(F)C(F)(F)F. The van der Waals surface area contributed by atoms with Crippen LogP contribution in [0.15, 0.2) is 12.7 Å². The van der Waals surface area contributed by atoms with E-state index in [9.17, 15) is 97.0 Å². The number of hydrogen-bond donors (Lipinski definition) is 0. The van der Waals surface area contributed by atoms with Crippen LogP contribution in [0, 0.1) is 0 Å². The molecule has 0 unspecified atom stereocenters. The van der Waals surface area contributed by atoms with E-state index < -0.39 is 91.3 Å². The molecule has 0 N–H and O–H groups in total. The van der Waals surface area contributed by atoms with Crippen LogP contribution in [-0.2, 0) is 9.53 Å². The minimum Gasteiger partial charge on any atom is -0.463 e. The van der Waals surface area contributed by atoms with E-state index in [-0.39, 0.29) is 12.8 Å². The lowest BCUT2D eigenvalue weighted by Gasteiger charge is -2.44. The largest absolute Gasteiger partial charge is 0.463 e. The number of carbonyl (C=O) groups is 1. The van der Waals surface area contributed by atoms with E-state index in [1.54, 1.807) is 0 Å². The fourth-order valence-electron chi connectivity index (χ4n) is 2.78. The molecule has 0 aliphatic heterocycles. The molecule has 0 aromatic carbocycles. The summed E-state index contributed by atoms with van der Waals surface area (Å²) in [7, 11) is 0. The Bertz CT molecular complexity index is 950. The van der Waals surface area contributed by atoms with E-state index in [0.29, 0.717) is 6.08 Å². The van der Waals surface area contributed by atoms with Crippen LogP contribution >= 0.6 is 0 Å². The quantitative estimate of drug-likeness (QED) is 0.0708. The van der Waals surface area contributed by atoms with Gasteiger partial charge in [-0.15, -0.1) is 0 Å². The summed E-state index contributed by atoms with van der Waals surface area (Å²) in [4.78, 5) is 10.7. The molecule has 0 rings (SSSR count). The van der Waals surface area contributed by atoms with Gasteiger partial charge in [0.25, 0.3) is 0 Å². The van der Waals surface area contributed by atoms with Gasteiger partial charge in [0.2, 0.25) is 0 Å². The molecule has 0 saturated carbocycles. The van der Waals surface area contributed by atoms with Crippen molar-refractivity contribution in [1.82, 2.24) is 0 Å². The van der Waals surface area contributed by atoms with Gasteiger partial charge in [-0.25, -0.2) is 4.79 Å². The van der Waals surface area contributed by atoms with Crippen molar-refractivity contribution in [3.8, 4) is 0 Å². The fourth-order valence-corrected chi connectivity index (χ4v) is 2.78. The first kappa shape index (κ1) is 39.7. The van der Waals surface area contributed by atoms with Gasteiger partial charge in [-0.1, -0.05) is 19.4 Å².